The van der Waals surface area contributed by atoms with Gasteiger partial charge in [0.1, 0.15) is 34.8 Å². The molecule has 0 radical (unpaired) electrons. The summed E-state index contributed by atoms with van der Waals surface area (Å²) in [5.41, 5.74) is 7.33. The molecule has 16 heteroatoms. The summed E-state index contributed by atoms with van der Waals surface area (Å²) in [5, 5.41) is 37.1. The van der Waals surface area contributed by atoms with Gasteiger partial charge in [0.05, 0.1) is 10.7 Å². The number of aromatic hydroxyl groups is 2. The Hall–Kier alpha value is -0.680. The van der Waals surface area contributed by atoms with Crippen LogP contribution < -0.4 is 15.2 Å². The minimum absolute atomic E-state index is 0.182. The fraction of sp³-hybridized carbons (Fsp3) is 0.133. The molecular formula is C30H24I6N2O8. The van der Waals surface area contributed by atoms with Crippen molar-refractivity contribution in [2.45, 2.75) is 22.4 Å². The predicted molar refractivity (Wildman–Crippen MR) is 225 cm³/mol. The van der Waals surface area contributed by atoms with Gasteiger partial charge in [0.25, 0.3) is 0 Å². The molecule has 10 nitrogen and oxygen atoms in total. The number of halogens is 6. The van der Waals surface area contributed by atoms with Crippen molar-refractivity contribution < 1.29 is 39.5 Å². The summed E-state index contributed by atoms with van der Waals surface area (Å²) in [7, 11) is 0. The fourth-order valence-corrected chi connectivity index (χ4v) is 7.44. The first-order valence-corrected chi connectivity index (χ1v) is 19.1. The third-order valence-electron chi connectivity index (χ3n) is 6.00. The molecule has 0 aliphatic heterocycles. The van der Waals surface area contributed by atoms with Crippen LogP contribution in [-0.2, 0) is 22.4 Å². The standard InChI is InChI=1S/2C15H12I3NO4/c16-15(14(21)22,19(17)18)9-10-1-5-12(6-2-10)23-13-7-3-11(20)4-8-13;16-9-6-8(1-2-13(9)20)23-14-10(17)3-7(4-11(14)18)5-12(19)15(21)22/h1-8,20H,9H2,(H,21,22);1-4,6,12,20H,5,19H2,(H,21,22)/t15-;12-/m00/s1. The van der Waals surface area contributed by atoms with E-state index in [4.69, 9.17) is 20.3 Å². The molecule has 0 bridgehead atoms. The van der Waals surface area contributed by atoms with E-state index in [1.165, 1.54) is 0 Å². The molecule has 0 aromatic heterocycles. The molecular weight excluding hydrogens is 1280 g/mol. The summed E-state index contributed by atoms with van der Waals surface area (Å²) in [4.78, 5) is 22.4. The van der Waals surface area contributed by atoms with E-state index in [9.17, 15) is 24.9 Å². The second-order valence-corrected chi connectivity index (χ2v) is 18.5. The van der Waals surface area contributed by atoms with Crippen LogP contribution in [0.3, 0.4) is 0 Å². The van der Waals surface area contributed by atoms with Crippen LogP contribution in [0.25, 0.3) is 0 Å². The lowest BCUT2D eigenvalue weighted by molar-refractivity contribution is -0.140. The topological polar surface area (TPSA) is 163 Å². The molecule has 0 aliphatic carbocycles. The van der Waals surface area contributed by atoms with E-state index < -0.39 is 21.5 Å². The Morgan fingerprint density at radius 1 is 0.761 bits per heavy atom. The van der Waals surface area contributed by atoms with Crippen LogP contribution in [0.15, 0.2) is 78.9 Å². The maximum absolute atomic E-state index is 11.5. The van der Waals surface area contributed by atoms with Crippen molar-refractivity contribution in [1.29, 1.82) is 0 Å². The molecule has 2 atom stereocenters. The third-order valence-corrected chi connectivity index (χ3v) is 13.3. The van der Waals surface area contributed by atoms with E-state index in [-0.39, 0.29) is 17.9 Å². The summed E-state index contributed by atoms with van der Waals surface area (Å²) in [5.74, 6) is 1.07. The number of carboxylic acids is 2. The highest BCUT2D eigenvalue weighted by molar-refractivity contribution is 14.2. The van der Waals surface area contributed by atoms with Gasteiger partial charge in [-0.15, -0.1) is 0 Å². The summed E-state index contributed by atoms with van der Waals surface area (Å²) in [6.45, 7) is 0. The SMILES string of the molecule is N[C@@H](Cc1cc(I)c(Oc2ccc(O)c(I)c2)c(I)c1)C(=O)O.O=C(O)[C@](I)(Cc1ccc(Oc2ccc(O)cc2)cc1)N(I)I. The zero-order valence-electron chi connectivity index (χ0n) is 23.2. The van der Waals surface area contributed by atoms with Crippen LogP contribution in [0, 0.1) is 10.7 Å². The van der Waals surface area contributed by atoms with Gasteiger partial charge in [-0.25, -0.2) is 4.79 Å². The zero-order chi connectivity index (χ0) is 34.2. The molecule has 0 unspecified atom stereocenters. The number of aliphatic carboxylic acids is 2. The van der Waals surface area contributed by atoms with Crippen molar-refractivity contribution in [2.24, 2.45) is 5.73 Å². The van der Waals surface area contributed by atoms with Gasteiger partial charge in [-0.2, -0.15) is 1.33 Å². The number of rotatable bonds is 11. The minimum atomic E-state index is -1.02. The molecule has 0 saturated heterocycles. The molecule has 0 heterocycles. The average Bonchev–Trinajstić information content (AvgIpc) is 2.99. The Labute approximate surface area is 347 Å². The van der Waals surface area contributed by atoms with Gasteiger partial charge in [-0.3, -0.25) is 4.79 Å². The first-order chi connectivity index (χ1) is 21.6. The lowest BCUT2D eigenvalue weighted by atomic mass is 10.1. The molecule has 6 N–H and O–H groups in total. The van der Waals surface area contributed by atoms with Gasteiger partial charge in [-0.05, 0) is 175 Å². The van der Waals surface area contributed by atoms with Crippen molar-refractivity contribution in [1.82, 2.24) is 1.33 Å². The Morgan fingerprint density at radius 3 is 1.76 bits per heavy atom. The number of nitrogens with zero attached hydrogens (tertiary/aromatic N) is 1. The van der Waals surface area contributed by atoms with E-state index in [2.05, 4.69) is 45.2 Å². The van der Waals surface area contributed by atoms with E-state index in [1.54, 1.807) is 55.9 Å². The number of phenolic OH excluding ortho intramolecular Hbond substituents is 2. The Kier molecular flexibility index (Phi) is 15.9. The van der Waals surface area contributed by atoms with Crippen molar-refractivity contribution in [3.63, 3.8) is 0 Å². The van der Waals surface area contributed by atoms with Crippen molar-refractivity contribution in [3.05, 3.63) is 101 Å². The smallest absolute Gasteiger partial charge is 0.336 e. The average molecular weight is 1300 g/mol. The number of alkyl halides is 1. The fourth-order valence-electron chi connectivity index (χ4n) is 3.64. The molecule has 244 valence electrons. The predicted octanol–water partition coefficient (Wildman–Crippen LogP) is 8.90. The quantitative estimate of drug-likeness (QED) is 0.0425. The minimum Gasteiger partial charge on any atom is -0.508 e. The molecule has 4 aromatic carbocycles. The van der Waals surface area contributed by atoms with Gasteiger partial charge in [-0.1, -0.05) is 12.1 Å². The Bertz CT molecular complexity index is 1650. The Balaban J connectivity index is 0.000000250. The summed E-state index contributed by atoms with van der Waals surface area (Å²) >= 11 is 12.2. The number of carbonyl (C=O) groups is 2. The highest BCUT2D eigenvalue weighted by atomic mass is 127. The lowest BCUT2D eigenvalue weighted by Crippen LogP contribution is -2.41. The van der Waals surface area contributed by atoms with Gasteiger partial charge >= 0.3 is 11.9 Å². The number of carboxylic acid groups (broad SMARTS) is 2. The van der Waals surface area contributed by atoms with Crippen LogP contribution in [-0.4, -0.2) is 43.3 Å². The summed E-state index contributed by atoms with van der Waals surface area (Å²) in [6.07, 6.45) is 0.632. The van der Waals surface area contributed by atoms with Gasteiger partial charge in [0.15, 0.2) is 9.30 Å². The maximum atomic E-state index is 11.5. The first kappa shape index (κ1) is 39.8. The second kappa shape index (κ2) is 18.4. The summed E-state index contributed by atoms with van der Waals surface area (Å²) in [6, 6.07) is 21.6. The van der Waals surface area contributed by atoms with Crippen molar-refractivity contribution in [2.75, 3.05) is 0 Å². The molecule has 0 spiro atoms. The second-order valence-electron chi connectivity index (χ2n) is 9.47. The molecule has 0 fully saturated rings. The highest BCUT2D eigenvalue weighted by Crippen LogP contribution is 2.37. The van der Waals surface area contributed by atoms with Crippen LogP contribution in [0.1, 0.15) is 11.1 Å². The maximum Gasteiger partial charge on any atom is 0.336 e. The molecule has 0 aliphatic rings. The normalized spacial score (nSPS) is 12.8. The monoisotopic (exact) mass is 1300 g/mol. The van der Waals surface area contributed by atoms with E-state index in [1.807, 2.05) is 115 Å². The largest absolute Gasteiger partial charge is 0.508 e. The van der Waals surface area contributed by atoms with Gasteiger partial charge in [0, 0.05) is 52.1 Å². The molecule has 0 amide bonds. The van der Waals surface area contributed by atoms with Crippen LogP contribution in [0.2, 0.25) is 0 Å². The van der Waals surface area contributed by atoms with Gasteiger partial charge < -0.3 is 35.6 Å². The van der Waals surface area contributed by atoms with Gasteiger partial charge in [0.2, 0.25) is 0 Å². The number of benzene rings is 4. The van der Waals surface area contributed by atoms with Crippen molar-refractivity contribution >= 4 is 148 Å². The number of phenols is 2. The summed E-state index contributed by atoms with van der Waals surface area (Å²) < 4.78 is 14.6. The number of ether oxygens (including phenoxy) is 2. The third kappa shape index (κ3) is 11.7. The molecule has 46 heavy (non-hydrogen) atoms. The van der Waals surface area contributed by atoms with Crippen LogP contribution in [0.4, 0.5) is 0 Å². The van der Waals surface area contributed by atoms with E-state index >= 15 is 0 Å². The van der Waals surface area contributed by atoms with Crippen molar-refractivity contribution in [3.8, 4) is 34.5 Å². The zero-order valence-corrected chi connectivity index (χ0v) is 36.2. The van der Waals surface area contributed by atoms with E-state index in [0.717, 1.165) is 18.3 Å². The van der Waals surface area contributed by atoms with Crippen LogP contribution in [0.5, 0.6) is 34.5 Å². The Morgan fingerprint density at radius 2 is 1.28 bits per heavy atom. The highest BCUT2D eigenvalue weighted by Gasteiger charge is 2.40. The lowest BCUT2D eigenvalue weighted by Gasteiger charge is -2.26. The molecule has 4 aromatic rings. The molecule has 4 rings (SSSR count). The first-order valence-electron chi connectivity index (χ1n) is 12.8. The number of hydrogen-bond acceptors (Lipinski definition) is 8. The molecule has 0 saturated carbocycles. The van der Waals surface area contributed by atoms with E-state index in [0.29, 0.717) is 33.0 Å². The van der Waals surface area contributed by atoms with Crippen LogP contribution >= 0.6 is 136 Å². The number of nitrogens with two attached hydrogens (primary N) is 1. The number of hydrogen-bond donors (Lipinski definition) is 5.